The number of nitrogens with one attached hydrogen (secondary N) is 1. The van der Waals surface area contributed by atoms with Gasteiger partial charge < -0.3 is 15.6 Å². The maximum atomic E-state index is 5.90. The van der Waals surface area contributed by atoms with Crippen LogP contribution in [0.1, 0.15) is 5.82 Å². The van der Waals surface area contributed by atoms with Crippen molar-refractivity contribution < 1.29 is 4.52 Å². The highest BCUT2D eigenvalue weighted by atomic mass is 35.5. The maximum absolute atomic E-state index is 5.90. The summed E-state index contributed by atoms with van der Waals surface area (Å²) in [6.45, 7) is 0.396. The van der Waals surface area contributed by atoms with Gasteiger partial charge in [-0.25, -0.2) is 4.98 Å². The van der Waals surface area contributed by atoms with Gasteiger partial charge in [-0.1, -0.05) is 16.8 Å². The summed E-state index contributed by atoms with van der Waals surface area (Å²) in [6.07, 6.45) is 2.78. The summed E-state index contributed by atoms with van der Waals surface area (Å²) in [5, 5.41) is 7.05. The summed E-state index contributed by atoms with van der Waals surface area (Å²) in [4.78, 5) is 7.87. The van der Waals surface area contributed by atoms with Crippen LogP contribution in [0.25, 0.3) is 0 Å². The smallest absolute Gasteiger partial charge is 0.213 e. The van der Waals surface area contributed by atoms with Gasteiger partial charge in [-0.3, -0.25) is 0 Å². The minimum atomic E-state index is 0.396. The van der Waals surface area contributed by atoms with Crippen LogP contribution < -0.4 is 11.1 Å². The van der Waals surface area contributed by atoms with E-state index in [0.29, 0.717) is 28.9 Å². The number of pyridine rings is 1. The zero-order valence-electron chi connectivity index (χ0n) is 7.64. The van der Waals surface area contributed by atoms with E-state index in [9.17, 15) is 0 Å². The summed E-state index contributed by atoms with van der Waals surface area (Å²) in [6, 6.07) is 1.62. The van der Waals surface area contributed by atoms with E-state index < -0.39 is 0 Å². The lowest BCUT2D eigenvalue weighted by Crippen LogP contribution is -2.03. The van der Waals surface area contributed by atoms with Crippen LogP contribution in [0.4, 0.5) is 11.5 Å². The summed E-state index contributed by atoms with van der Waals surface area (Å²) in [5.74, 6) is 1.07. The Bertz CT molecular complexity index is 444. The molecule has 0 saturated carbocycles. The summed E-state index contributed by atoms with van der Waals surface area (Å²) in [7, 11) is 0. The Morgan fingerprint density at radius 1 is 1.47 bits per heavy atom. The van der Waals surface area contributed by atoms with Gasteiger partial charge in [-0.05, 0) is 6.07 Å². The van der Waals surface area contributed by atoms with Crippen molar-refractivity contribution >= 4 is 23.1 Å². The fourth-order valence-electron chi connectivity index (χ4n) is 1.02. The number of nitrogens with zero attached hydrogens (tertiary/aromatic N) is 3. The molecule has 0 amide bonds. The van der Waals surface area contributed by atoms with Gasteiger partial charge in [-0.2, -0.15) is 4.98 Å². The minimum absolute atomic E-state index is 0.396. The Morgan fingerprint density at radius 3 is 3.00 bits per heavy atom. The molecule has 15 heavy (non-hydrogen) atoms. The first kappa shape index (κ1) is 9.72. The Balaban J connectivity index is 2.05. The predicted octanol–water partition coefficient (Wildman–Crippen LogP) is 1.31. The first-order chi connectivity index (χ1) is 7.25. The maximum Gasteiger partial charge on any atom is 0.213 e. The molecule has 2 aromatic rings. The van der Waals surface area contributed by atoms with E-state index in [1.54, 1.807) is 6.07 Å². The Labute approximate surface area is 90.5 Å². The third kappa shape index (κ3) is 2.35. The molecule has 3 N–H and O–H groups in total. The first-order valence-electron chi connectivity index (χ1n) is 4.16. The molecule has 2 heterocycles. The molecule has 2 aromatic heterocycles. The van der Waals surface area contributed by atoms with E-state index in [-0.39, 0.29) is 0 Å². The van der Waals surface area contributed by atoms with E-state index in [0.717, 1.165) is 0 Å². The van der Waals surface area contributed by atoms with Crippen molar-refractivity contribution in [3.05, 3.63) is 29.5 Å². The second-order valence-electron chi connectivity index (χ2n) is 2.80. The van der Waals surface area contributed by atoms with E-state index in [4.69, 9.17) is 17.3 Å². The predicted molar refractivity (Wildman–Crippen MR) is 55.3 cm³/mol. The van der Waals surface area contributed by atoms with Crippen molar-refractivity contribution in [3.8, 4) is 0 Å². The Kier molecular flexibility index (Phi) is 2.68. The average Bonchev–Trinajstić information content (AvgIpc) is 2.69. The van der Waals surface area contributed by atoms with Gasteiger partial charge >= 0.3 is 0 Å². The zero-order valence-corrected chi connectivity index (χ0v) is 8.40. The lowest BCUT2D eigenvalue weighted by atomic mass is 10.4. The van der Waals surface area contributed by atoms with Gasteiger partial charge in [0.1, 0.15) is 5.82 Å². The van der Waals surface area contributed by atoms with Gasteiger partial charge in [0.2, 0.25) is 6.39 Å². The topological polar surface area (TPSA) is 89.9 Å². The number of nitrogen functional groups attached to an aromatic ring is 1. The quantitative estimate of drug-likeness (QED) is 0.819. The van der Waals surface area contributed by atoms with Crippen molar-refractivity contribution in [1.82, 2.24) is 15.1 Å². The number of hydrogen-bond acceptors (Lipinski definition) is 6. The largest absolute Gasteiger partial charge is 0.397 e. The van der Waals surface area contributed by atoms with Gasteiger partial charge in [-0.15, -0.1) is 0 Å². The molecule has 0 bridgehead atoms. The number of hydrogen-bond donors (Lipinski definition) is 2. The third-order valence-corrected chi connectivity index (χ3v) is 1.97. The van der Waals surface area contributed by atoms with Crippen molar-refractivity contribution in [2.24, 2.45) is 0 Å². The molecule has 0 aliphatic rings. The summed E-state index contributed by atoms with van der Waals surface area (Å²) >= 11 is 5.90. The molecular formula is C8H8ClN5O. The van der Waals surface area contributed by atoms with Crippen molar-refractivity contribution in [2.45, 2.75) is 6.54 Å². The van der Waals surface area contributed by atoms with E-state index in [1.165, 1.54) is 12.6 Å². The Morgan fingerprint density at radius 2 is 2.33 bits per heavy atom. The lowest BCUT2D eigenvalue weighted by molar-refractivity contribution is 0.411. The molecule has 0 radical (unpaired) electrons. The molecule has 7 heteroatoms. The summed E-state index contributed by atoms with van der Waals surface area (Å²) in [5.41, 5.74) is 6.02. The van der Waals surface area contributed by atoms with Gasteiger partial charge in [0, 0.05) is 0 Å². The number of anilines is 2. The molecule has 0 fully saturated rings. The molecule has 78 valence electrons. The third-order valence-electron chi connectivity index (χ3n) is 1.68. The molecule has 0 atom stereocenters. The van der Waals surface area contributed by atoms with Gasteiger partial charge in [0.05, 0.1) is 23.5 Å². The molecule has 0 aliphatic carbocycles. The normalized spacial score (nSPS) is 10.2. The standard InChI is InChI=1S/C8H8ClN5O/c9-6-1-5(10)2-11-8(6)12-3-7-13-4-15-14-7/h1-2,4H,3,10H2,(H,11,12). The highest BCUT2D eigenvalue weighted by Gasteiger charge is 2.03. The Hall–Kier alpha value is -1.82. The molecule has 0 unspecified atom stereocenters. The van der Waals surface area contributed by atoms with Crippen LogP contribution in [0, 0.1) is 0 Å². The molecule has 0 aromatic carbocycles. The number of nitrogens with two attached hydrogens (primary N) is 1. The SMILES string of the molecule is Nc1cnc(NCc2ncon2)c(Cl)c1. The van der Waals surface area contributed by atoms with Crippen molar-refractivity contribution in [2.75, 3.05) is 11.1 Å². The minimum Gasteiger partial charge on any atom is -0.397 e. The van der Waals surface area contributed by atoms with Crippen LogP contribution in [0.15, 0.2) is 23.2 Å². The van der Waals surface area contributed by atoms with Crippen LogP contribution in [0.2, 0.25) is 5.02 Å². The highest BCUT2D eigenvalue weighted by molar-refractivity contribution is 6.33. The lowest BCUT2D eigenvalue weighted by Gasteiger charge is -2.04. The van der Waals surface area contributed by atoms with Crippen LogP contribution in [-0.4, -0.2) is 15.1 Å². The second kappa shape index (κ2) is 4.14. The average molecular weight is 226 g/mol. The number of aromatic nitrogens is 3. The van der Waals surface area contributed by atoms with Crippen LogP contribution >= 0.6 is 11.6 Å². The summed E-state index contributed by atoms with van der Waals surface area (Å²) < 4.78 is 4.58. The van der Waals surface area contributed by atoms with Crippen LogP contribution in [0.5, 0.6) is 0 Å². The molecule has 0 spiro atoms. The van der Waals surface area contributed by atoms with Gasteiger partial charge in [0.25, 0.3) is 0 Å². The van der Waals surface area contributed by atoms with Gasteiger partial charge in [0.15, 0.2) is 5.82 Å². The fourth-order valence-corrected chi connectivity index (χ4v) is 1.26. The van der Waals surface area contributed by atoms with E-state index >= 15 is 0 Å². The van der Waals surface area contributed by atoms with Crippen molar-refractivity contribution in [1.29, 1.82) is 0 Å². The van der Waals surface area contributed by atoms with Crippen LogP contribution in [0.3, 0.4) is 0 Å². The second-order valence-corrected chi connectivity index (χ2v) is 3.21. The van der Waals surface area contributed by atoms with Crippen molar-refractivity contribution in [3.63, 3.8) is 0 Å². The number of halogens is 1. The van der Waals surface area contributed by atoms with E-state index in [1.807, 2.05) is 0 Å². The number of rotatable bonds is 3. The molecule has 0 aliphatic heterocycles. The molecule has 0 saturated heterocycles. The van der Waals surface area contributed by atoms with E-state index in [2.05, 4.69) is 25.0 Å². The molecule has 6 nitrogen and oxygen atoms in total. The van der Waals surface area contributed by atoms with Crippen LogP contribution in [-0.2, 0) is 6.54 Å². The first-order valence-corrected chi connectivity index (χ1v) is 4.53. The molecular weight excluding hydrogens is 218 g/mol. The molecule has 2 rings (SSSR count). The fraction of sp³-hybridized carbons (Fsp3) is 0.125. The monoisotopic (exact) mass is 225 g/mol. The highest BCUT2D eigenvalue weighted by Crippen LogP contribution is 2.21. The zero-order chi connectivity index (χ0) is 10.7.